The number of likely N-dealkylation sites (tertiary alicyclic amines) is 1. The molecule has 7 heteroatoms. The van der Waals surface area contributed by atoms with E-state index in [1.165, 1.54) is 4.90 Å². The van der Waals surface area contributed by atoms with E-state index in [1.54, 1.807) is 0 Å². The zero-order valence-corrected chi connectivity index (χ0v) is 10.8. The number of hydrogen-bond donors (Lipinski definition) is 3. The fourth-order valence-electron chi connectivity index (χ4n) is 2.31. The van der Waals surface area contributed by atoms with E-state index in [0.717, 1.165) is 18.2 Å². The molecule has 1 aromatic rings. The summed E-state index contributed by atoms with van der Waals surface area (Å²) in [6.45, 7) is 0.825. The number of oxime groups is 1. The number of amidine groups is 1. The normalized spacial score (nSPS) is 17.2. The van der Waals surface area contributed by atoms with Crippen molar-refractivity contribution in [3.63, 3.8) is 0 Å². The van der Waals surface area contributed by atoms with Gasteiger partial charge in [-0.2, -0.15) is 0 Å². The Morgan fingerprint density at radius 3 is 2.65 bits per heavy atom. The predicted octanol–water partition coefficient (Wildman–Crippen LogP) is 1.13. The van der Waals surface area contributed by atoms with Crippen LogP contribution in [0.5, 0.6) is 5.75 Å². The first-order valence-corrected chi connectivity index (χ1v) is 6.28. The second-order valence-corrected chi connectivity index (χ2v) is 4.75. The van der Waals surface area contributed by atoms with E-state index in [2.05, 4.69) is 5.16 Å². The summed E-state index contributed by atoms with van der Waals surface area (Å²) < 4.78 is 13.1. The van der Waals surface area contributed by atoms with Gasteiger partial charge in [-0.15, -0.1) is 0 Å². The summed E-state index contributed by atoms with van der Waals surface area (Å²) in [6, 6.07) is 3.27. The summed E-state index contributed by atoms with van der Waals surface area (Å²) in [7, 11) is 0. The van der Waals surface area contributed by atoms with Crippen LogP contribution in [0, 0.1) is 11.7 Å². The fraction of sp³-hybridized carbons (Fsp3) is 0.385. The highest BCUT2D eigenvalue weighted by Gasteiger charge is 2.27. The highest BCUT2D eigenvalue weighted by atomic mass is 19.1. The van der Waals surface area contributed by atoms with E-state index in [9.17, 15) is 14.3 Å². The van der Waals surface area contributed by atoms with Crippen LogP contribution in [-0.4, -0.2) is 40.0 Å². The third-order valence-corrected chi connectivity index (χ3v) is 3.50. The third-order valence-electron chi connectivity index (χ3n) is 3.50. The van der Waals surface area contributed by atoms with Crippen molar-refractivity contribution in [2.45, 2.75) is 12.8 Å². The van der Waals surface area contributed by atoms with Crippen LogP contribution in [0.4, 0.5) is 4.39 Å². The average molecular weight is 281 g/mol. The first kappa shape index (κ1) is 14.1. The lowest BCUT2D eigenvalue weighted by Gasteiger charge is -2.31. The number of hydrogen-bond acceptors (Lipinski definition) is 4. The van der Waals surface area contributed by atoms with Crippen molar-refractivity contribution in [3.8, 4) is 5.75 Å². The van der Waals surface area contributed by atoms with Crippen LogP contribution in [0.15, 0.2) is 23.4 Å². The molecule has 0 bridgehead atoms. The van der Waals surface area contributed by atoms with Gasteiger partial charge in [-0.05, 0) is 31.0 Å². The Labute approximate surface area is 115 Å². The number of nitrogens with two attached hydrogens (primary N) is 1. The summed E-state index contributed by atoms with van der Waals surface area (Å²) in [5.41, 5.74) is 5.48. The Hall–Kier alpha value is -2.31. The number of carbonyl (C=O) groups is 1. The van der Waals surface area contributed by atoms with Crippen molar-refractivity contribution < 1.29 is 19.5 Å². The van der Waals surface area contributed by atoms with E-state index < -0.39 is 11.7 Å². The van der Waals surface area contributed by atoms with Gasteiger partial charge in [0.1, 0.15) is 17.4 Å². The van der Waals surface area contributed by atoms with E-state index in [1.807, 2.05) is 0 Å². The van der Waals surface area contributed by atoms with Crippen LogP contribution >= 0.6 is 0 Å². The van der Waals surface area contributed by atoms with Gasteiger partial charge in [0.05, 0.1) is 5.56 Å². The molecule has 0 radical (unpaired) electrons. The van der Waals surface area contributed by atoms with Crippen LogP contribution < -0.4 is 5.73 Å². The molecule has 6 nitrogen and oxygen atoms in total. The van der Waals surface area contributed by atoms with Gasteiger partial charge in [-0.25, -0.2) is 4.39 Å². The monoisotopic (exact) mass is 281 g/mol. The molecule has 0 aromatic heterocycles. The molecule has 0 aliphatic carbocycles. The molecule has 0 atom stereocenters. The number of piperidine rings is 1. The van der Waals surface area contributed by atoms with E-state index in [0.29, 0.717) is 25.9 Å². The molecule has 1 aliphatic rings. The van der Waals surface area contributed by atoms with Crippen molar-refractivity contribution in [1.29, 1.82) is 0 Å². The summed E-state index contributed by atoms with van der Waals surface area (Å²) in [4.78, 5) is 13.7. The topological polar surface area (TPSA) is 99.2 Å². The number of phenols is 1. The van der Waals surface area contributed by atoms with Crippen molar-refractivity contribution >= 4 is 11.7 Å². The molecule has 108 valence electrons. The number of amides is 1. The Bertz CT molecular complexity index is 540. The van der Waals surface area contributed by atoms with Crippen molar-refractivity contribution in [2.75, 3.05) is 13.1 Å². The second kappa shape index (κ2) is 5.77. The Balaban J connectivity index is 2.07. The molecule has 1 aliphatic heterocycles. The van der Waals surface area contributed by atoms with Crippen LogP contribution in [0.25, 0.3) is 0 Å². The second-order valence-electron chi connectivity index (χ2n) is 4.75. The molecular formula is C13H16FN3O3. The van der Waals surface area contributed by atoms with Gasteiger partial charge in [0, 0.05) is 19.0 Å². The largest absolute Gasteiger partial charge is 0.507 e. The molecule has 1 heterocycles. The fourth-order valence-corrected chi connectivity index (χ4v) is 2.31. The molecule has 1 amide bonds. The van der Waals surface area contributed by atoms with E-state index >= 15 is 0 Å². The lowest BCUT2D eigenvalue weighted by molar-refractivity contribution is 0.0705. The molecule has 0 saturated carbocycles. The van der Waals surface area contributed by atoms with Gasteiger partial charge in [-0.1, -0.05) is 5.16 Å². The molecule has 0 unspecified atom stereocenters. The van der Waals surface area contributed by atoms with Crippen molar-refractivity contribution in [2.24, 2.45) is 16.8 Å². The Morgan fingerprint density at radius 2 is 2.05 bits per heavy atom. The summed E-state index contributed by atoms with van der Waals surface area (Å²) in [5.74, 6) is -1.14. The number of nitrogens with zero attached hydrogens (tertiary/aromatic N) is 2. The van der Waals surface area contributed by atoms with Crippen LogP contribution in [0.3, 0.4) is 0 Å². The number of halogens is 1. The minimum atomic E-state index is -0.572. The SMILES string of the molecule is N/C(=N/O)C1CCN(C(=O)c2cc(F)ccc2O)CC1. The lowest BCUT2D eigenvalue weighted by Crippen LogP contribution is -2.41. The molecule has 1 fully saturated rings. The minimum absolute atomic E-state index is 0.0488. The molecule has 1 saturated heterocycles. The summed E-state index contributed by atoms with van der Waals surface area (Å²) >= 11 is 0. The standard InChI is InChI=1S/C13H16FN3O3/c14-9-1-2-11(18)10(7-9)13(19)17-5-3-8(4-6-17)12(15)16-20/h1-2,7-8,18,20H,3-6H2,(H2,15,16). The zero-order chi connectivity index (χ0) is 14.7. The van der Waals surface area contributed by atoms with Crippen LogP contribution in [0.1, 0.15) is 23.2 Å². The summed E-state index contributed by atoms with van der Waals surface area (Å²) in [5, 5.41) is 21.2. The molecule has 2 rings (SSSR count). The van der Waals surface area contributed by atoms with Gasteiger partial charge in [0.15, 0.2) is 0 Å². The van der Waals surface area contributed by atoms with E-state index in [4.69, 9.17) is 10.9 Å². The van der Waals surface area contributed by atoms with Crippen molar-refractivity contribution in [3.05, 3.63) is 29.6 Å². The predicted molar refractivity (Wildman–Crippen MR) is 70.1 cm³/mol. The first-order valence-electron chi connectivity index (χ1n) is 6.28. The third kappa shape index (κ3) is 2.81. The highest BCUT2D eigenvalue weighted by molar-refractivity contribution is 5.97. The zero-order valence-electron chi connectivity index (χ0n) is 10.8. The van der Waals surface area contributed by atoms with Gasteiger partial charge < -0.3 is 20.9 Å². The smallest absolute Gasteiger partial charge is 0.257 e. The Morgan fingerprint density at radius 1 is 1.40 bits per heavy atom. The van der Waals surface area contributed by atoms with Crippen molar-refractivity contribution in [1.82, 2.24) is 4.90 Å². The lowest BCUT2D eigenvalue weighted by atomic mass is 9.95. The molecule has 1 aromatic carbocycles. The quantitative estimate of drug-likeness (QED) is 0.327. The maximum atomic E-state index is 13.1. The number of rotatable bonds is 2. The van der Waals surface area contributed by atoms with Gasteiger partial charge in [0.25, 0.3) is 5.91 Å². The minimum Gasteiger partial charge on any atom is -0.507 e. The van der Waals surface area contributed by atoms with Gasteiger partial charge in [-0.3, -0.25) is 4.79 Å². The highest BCUT2D eigenvalue weighted by Crippen LogP contribution is 2.23. The first-order chi connectivity index (χ1) is 9.52. The van der Waals surface area contributed by atoms with Crippen LogP contribution in [-0.2, 0) is 0 Å². The molecular weight excluding hydrogens is 265 g/mol. The number of benzene rings is 1. The number of carbonyl (C=O) groups excluding carboxylic acids is 1. The number of aromatic hydroxyl groups is 1. The summed E-state index contributed by atoms with van der Waals surface area (Å²) in [6.07, 6.45) is 1.13. The van der Waals surface area contributed by atoms with Crippen LogP contribution in [0.2, 0.25) is 0 Å². The van der Waals surface area contributed by atoms with Gasteiger partial charge in [0.2, 0.25) is 0 Å². The molecule has 4 N–H and O–H groups in total. The molecule has 20 heavy (non-hydrogen) atoms. The maximum Gasteiger partial charge on any atom is 0.257 e. The Kier molecular flexibility index (Phi) is 4.07. The maximum absolute atomic E-state index is 13.1. The van der Waals surface area contributed by atoms with E-state index in [-0.39, 0.29) is 23.1 Å². The molecule has 0 spiro atoms. The number of phenolic OH excluding ortho intramolecular Hbond substituents is 1. The average Bonchev–Trinajstić information content (AvgIpc) is 2.48. The van der Waals surface area contributed by atoms with Gasteiger partial charge >= 0.3 is 0 Å².